The third-order valence-corrected chi connectivity index (χ3v) is 4.30. The lowest BCUT2D eigenvalue weighted by Gasteiger charge is -2.26. The fraction of sp³-hybridized carbons (Fsp3) is 0.333. The number of phenols is 2. The summed E-state index contributed by atoms with van der Waals surface area (Å²) < 4.78 is 17.4. The van der Waals surface area contributed by atoms with E-state index in [0.717, 1.165) is 22.3 Å². The van der Waals surface area contributed by atoms with E-state index >= 15 is 0 Å². The van der Waals surface area contributed by atoms with Crippen molar-refractivity contribution in [2.45, 2.75) is 19.8 Å². The van der Waals surface area contributed by atoms with E-state index < -0.39 is 0 Å². The number of hydrogen-bond acceptors (Lipinski definition) is 5. The average molecular weight is 314 g/mol. The van der Waals surface area contributed by atoms with Crippen molar-refractivity contribution in [1.29, 1.82) is 0 Å². The molecule has 0 saturated heterocycles. The van der Waals surface area contributed by atoms with Gasteiger partial charge in [0.2, 0.25) is 5.75 Å². The summed E-state index contributed by atoms with van der Waals surface area (Å²) in [5, 5.41) is 20.2. The number of aromatic hydroxyl groups is 2. The van der Waals surface area contributed by atoms with Crippen LogP contribution < -0.4 is 14.2 Å². The highest BCUT2D eigenvalue weighted by Crippen LogP contribution is 2.56. The zero-order chi connectivity index (χ0) is 16.0. The van der Waals surface area contributed by atoms with Gasteiger partial charge >= 0.3 is 0 Å². The van der Waals surface area contributed by atoms with Crippen LogP contribution in [0.2, 0.25) is 0 Å². The largest absolute Gasteiger partial charge is 0.508 e. The van der Waals surface area contributed by atoms with Gasteiger partial charge < -0.3 is 24.4 Å². The minimum absolute atomic E-state index is 0.112. The number of phenolic OH excluding ortho intramolecular Hbond substituents is 2. The van der Waals surface area contributed by atoms with Crippen molar-refractivity contribution in [2.75, 3.05) is 19.8 Å². The summed E-state index contributed by atoms with van der Waals surface area (Å²) in [5.74, 6) is 1.91. The SMILES string of the molecule is CCOc1c2c(O)c(c3c1-c1ccc(O)cc1CCO3)CCO2. The molecule has 0 unspecified atom stereocenters. The molecular formula is C18H18O5. The Bertz CT molecular complexity index is 782. The zero-order valence-corrected chi connectivity index (χ0v) is 12.9. The first-order chi connectivity index (χ1) is 11.2. The lowest BCUT2D eigenvalue weighted by atomic mass is 9.92. The van der Waals surface area contributed by atoms with Crippen LogP contribution in [0.1, 0.15) is 18.1 Å². The van der Waals surface area contributed by atoms with Crippen molar-refractivity contribution < 1.29 is 24.4 Å². The zero-order valence-electron chi connectivity index (χ0n) is 12.9. The summed E-state index contributed by atoms with van der Waals surface area (Å²) in [7, 11) is 0. The standard InChI is InChI=1S/C18H18O5/c1-2-21-17-14-12-4-3-11(19)9-10(12)5-7-22-16(14)13-6-8-23-18(17)15(13)20/h3-4,9,19-20H,2,5-8H2,1H3. The molecule has 2 bridgehead atoms. The third kappa shape index (κ3) is 2.07. The van der Waals surface area contributed by atoms with Crippen molar-refractivity contribution in [2.24, 2.45) is 0 Å². The normalized spacial score (nSPS) is 14.8. The van der Waals surface area contributed by atoms with Gasteiger partial charge in [-0.3, -0.25) is 0 Å². The third-order valence-electron chi connectivity index (χ3n) is 4.30. The Morgan fingerprint density at radius 2 is 1.87 bits per heavy atom. The van der Waals surface area contributed by atoms with Crippen LogP contribution in [0.15, 0.2) is 18.2 Å². The fourth-order valence-corrected chi connectivity index (χ4v) is 3.32. The van der Waals surface area contributed by atoms with Gasteiger partial charge in [-0.05, 0) is 30.2 Å². The highest BCUT2D eigenvalue weighted by Gasteiger charge is 2.33. The molecule has 23 heavy (non-hydrogen) atoms. The molecule has 2 aliphatic heterocycles. The average Bonchev–Trinajstić information content (AvgIpc) is 2.70. The van der Waals surface area contributed by atoms with Gasteiger partial charge in [-0.25, -0.2) is 0 Å². The van der Waals surface area contributed by atoms with Crippen LogP contribution in [0.5, 0.6) is 28.7 Å². The van der Waals surface area contributed by atoms with Gasteiger partial charge in [0.15, 0.2) is 11.5 Å². The van der Waals surface area contributed by atoms with Crippen LogP contribution in [0.4, 0.5) is 0 Å². The Labute approximate surface area is 134 Å². The summed E-state index contributed by atoms with van der Waals surface area (Å²) >= 11 is 0. The topological polar surface area (TPSA) is 68.2 Å². The first-order valence-electron chi connectivity index (χ1n) is 7.83. The summed E-state index contributed by atoms with van der Waals surface area (Å²) in [4.78, 5) is 0. The van der Waals surface area contributed by atoms with E-state index in [-0.39, 0.29) is 11.5 Å². The molecule has 0 amide bonds. The van der Waals surface area contributed by atoms with Gasteiger partial charge in [-0.2, -0.15) is 0 Å². The van der Waals surface area contributed by atoms with Crippen LogP contribution in [0.3, 0.4) is 0 Å². The summed E-state index contributed by atoms with van der Waals surface area (Å²) in [5.41, 5.74) is 3.52. The fourth-order valence-electron chi connectivity index (χ4n) is 3.32. The number of fused-ring (bicyclic) bond motifs is 6. The Kier molecular flexibility index (Phi) is 3.22. The van der Waals surface area contributed by atoms with E-state index in [0.29, 0.717) is 49.9 Å². The molecule has 2 aliphatic rings. The highest BCUT2D eigenvalue weighted by molar-refractivity contribution is 5.87. The van der Waals surface area contributed by atoms with Gasteiger partial charge in [0.05, 0.1) is 25.4 Å². The Morgan fingerprint density at radius 3 is 2.70 bits per heavy atom. The molecule has 2 N–H and O–H groups in total. The quantitative estimate of drug-likeness (QED) is 0.892. The van der Waals surface area contributed by atoms with E-state index in [1.54, 1.807) is 12.1 Å². The van der Waals surface area contributed by atoms with Crippen LogP contribution in [-0.2, 0) is 12.8 Å². The Morgan fingerprint density at radius 1 is 1.09 bits per heavy atom. The van der Waals surface area contributed by atoms with Crippen LogP contribution in [-0.4, -0.2) is 30.0 Å². The second kappa shape index (κ2) is 5.26. The molecule has 0 aliphatic carbocycles. The maximum atomic E-state index is 10.5. The van der Waals surface area contributed by atoms with Crippen molar-refractivity contribution in [3.63, 3.8) is 0 Å². The highest BCUT2D eigenvalue weighted by atomic mass is 16.5. The molecule has 5 nitrogen and oxygen atoms in total. The minimum atomic E-state index is 0.112. The van der Waals surface area contributed by atoms with E-state index in [2.05, 4.69) is 0 Å². The van der Waals surface area contributed by atoms with Crippen molar-refractivity contribution in [3.05, 3.63) is 29.3 Å². The van der Waals surface area contributed by atoms with Gasteiger partial charge in [0, 0.05) is 18.4 Å². The monoisotopic (exact) mass is 314 g/mol. The number of hydrogen-bond donors (Lipinski definition) is 2. The predicted molar refractivity (Wildman–Crippen MR) is 84.8 cm³/mol. The lowest BCUT2D eigenvalue weighted by Crippen LogP contribution is -2.13. The lowest BCUT2D eigenvalue weighted by molar-refractivity contribution is 0.243. The van der Waals surface area contributed by atoms with E-state index in [1.807, 2.05) is 13.0 Å². The van der Waals surface area contributed by atoms with Crippen LogP contribution in [0.25, 0.3) is 11.1 Å². The van der Waals surface area contributed by atoms with Crippen molar-refractivity contribution in [1.82, 2.24) is 0 Å². The van der Waals surface area contributed by atoms with Gasteiger partial charge in [-0.15, -0.1) is 0 Å². The molecule has 0 atom stereocenters. The molecule has 0 radical (unpaired) electrons. The minimum Gasteiger partial charge on any atom is -0.508 e. The predicted octanol–water partition coefficient (Wildman–Crippen LogP) is 3.03. The summed E-state index contributed by atoms with van der Waals surface area (Å²) in [6, 6.07) is 5.28. The molecular weight excluding hydrogens is 296 g/mol. The van der Waals surface area contributed by atoms with Crippen LogP contribution in [0, 0.1) is 0 Å². The first-order valence-corrected chi connectivity index (χ1v) is 7.83. The van der Waals surface area contributed by atoms with Gasteiger partial charge in [0.1, 0.15) is 11.5 Å². The molecule has 2 aromatic rings. The summed E-state index contributed by atoms with van der Waals surface area (Å²) in [6.07, 6.45) is 1.28. The van der Waals surface area contributed by atoms with Crippen molar-refractivity contribution >= 4 is 0 Å². The maximum absolute atomic E-state index is 10.5. The molecule has 0 fully saturated rings. The number of rotatable bonds is 2. The molecule has 120 valence electrons. The summed E-state index contributed by atoms with van der Waals surface area (Å²) in [6.45, 7) is 3.33. The maximum Gasteiger partial charge on any atom is 0.204 e. The number of ether oxygens (including phenoxy) is 3. The number of benzene rings is 2. The van der Waals surface area contributed by atoms with Crippen molar-refractivity contribution in [3.8, 4) is 39.9 Å². The van der Waals surface area contributed by atoms with E-state index in [1.165, 1.54) is 0 Å². The van der Waals surface area contributed by atoms with Gasteiger partial charge in [-0.1, -0.05) is 6.07 Å². The second-order valence-electron chi connectivity index (χ2n) is 5.66. The van der Waals surface area contributed by atoms with E-state index in [9.17, 15) is 10.2 Å². The van der Waals surface area contributed by atoms with Crippen LogP contribution >= 0.6 is 0 Å². The molecule has 0 aromatic heterocycles. The second-order valence-corrected chi connectivity index (χ2v) is 5.66. The molecule has 0 saturated carbocycles. The smallest absolute Gasteiger partial charge is 0.204 e. The first kappa shape index (κ1) is 14.1. The molecule has 2 heterocycles. The Hall–Kier alpha value is -2.56. The molecule has 2 aromatic carbocycles. The Balaban J connectivity index is 2.07. The van der Waals surface area contributed by atoms with E-state index in [4.69, 9.17) is 14.2 Å². The molecule has 4 rings (SSSR count). The molecule has 0 spiro atoms. The molecule has 5 heteroatoms. The van der Waals surface area contributed by atoms with Gasteiger partial charge in [0.25, 0.3) is 0 Å².